The summed E-state index contributed by atoms with van der Waals surface area (Å²) in [6.07, 6.45) is 4.60. The molecule has 1 aliphatic carbocycles. The Balaban J connectivity index is 1.94. The van der Waals surface area contributed by atoms with Crippen LogP contribution in [0.25, 0.3) is 0 Å². The van der Waals surface area contributed by atoms with Gasteiger partial charge in [0.15, 0.2) is 0 Å². The van der Waals surface area contributed by atoms with E-state index < -0.39 is 0 Å². The Kier molecular flexibility index (Phi) is 6.42. The molecule has 0 aromatic carbocycles. The first-order chi connectivity index (χ1) is 7.74. The Morgan fingerprint density at radius 3 is 2.81 bits per heavy atom. The van der Waals surface area contributed by atoms with Crippen molar-refractivity contribution in [1.29, 1.82) is 0 Å². The Labute approximate surface area is 97.6 Å². The molecule has 0 unspecified atom stereocenters. The first-order valence-corrected chi connectivity index (χ1v) is 6.16. The van der Waals surface area contributed by atoms with Crippen LogP contribution in [-0.4, -0.2) is 49.3 Å². The largest absolute Gasteiger partial charge is 0.396 e. The molecule has 1 fully saturated rings. The maximum Gasteiger partial charge on any atom is 0.222 e. The quantitative estimate of drug-likeness (QED) is 0.601. The first-order valence-electron chi connectivity index (χ1n) is 6.16. The van der Waals surface area contributed by atoms with Crippen LogP contribution in [-0.2, 0) is 9.53 Å². The lowest BCUT2D eigenvalue weighted by atomic mass is 10.2. The van der Waals surface area contributed by atoms with Crippen LogP contribution in [0.1, 0.15) is 32.1 Å². The van der Waals surface area contributed by atoms with Crippen LogP contribution in [0.5, 0.6) is 0 Å². The molecule has 1 amide bonds. The fraction of sp³-hybridized carbons (Fsp3) is 0.917. The highest BCUT2D eigenvalue weighted by Gasteiger charge is 2.21. The molecule has 0 saturated heterocycles. The monoisotopic (exact) mass is 229 g/mol. The van der Waals surface area contributed by atoms with Crippen LogP contribution in [0.3, 0.4) is 0 Å². The second kappa shape index (κ2) is 7.63. The zero-order valence-corrected chi connectivity index (χ0v) is 10.2. The van der Waals surface area contributed by atoms with Crippen LogP contribution >= 0.6 is 0 Å². The molecule has 0 aromatic rings. The minimum absolute atomic E-state index is 0.142. The van der Waals surface area contributed by atoms with Gasteiger partial charge >= 0.3 is 0 Å². The van der Waals surface area contributed by atoms with E-state index in [9.17, 15) is 4.79 Å². The second-order valence-electron chi connectivity index (χ2n) is 4.51. The van der Waals surface area contributed by atoms with E-state index in [1.165, 1.54) is 12.8 Å². The third-order valence-electron chi connectivity index (χ3n) is 2.85. The van der Waals surface area contributed by atoms with Crippen molar-refractivity contribution < 1.29 is 14.6 Å². The first kappa shape index (κ1) is 13.5. The second-order valence-corrected chi connectivity index (χ2v) is 4.51. The maximum atomic E-state index is 11.5. The maximum absolute atomic E-state index is 11.5. The summed E-state index contributed by atoms with van der Waals surface area (Å²) in [4.78, 5) is 13.3. The molecule has 0 aromatic heterocycles. The highest BCUT2D eigenvalue weighted by molar-refractivity contribution is 5.75. The molecule has 0 atom stereocenters. The molecule has 16 heavy (non-hydrogen) atoms. The fourth-order valence-electron chi connectivity index (χ4n) is 1.44. The number of unbranched alkanes of at least 4 members (excludes halogenated alkanes) is 1. The molecule has 0 spiro atoms. The predicted molar refractivity (Wildman–Crippen MR) is 62.1 cm³/mol. The number of nitrogens with zero attached hydrogens (tertiary/aromatic N) is 1. The van der Waals surface area contributed by atoms with Gasteiger partial charge in [0.1, 0.15) is 0 Å². The number of hydrogen-bond acceptors (Lipinski definition) is 3. The number of carbonyl (C=O) groups is 1. The number of carbonyl (C=O) groups excluding carboxylic acids is 1. The van der Waals surface area contributed by atoms with Crippen molar-refractivity contribution in [3.8, 4) is 0 Å². The van der Waals surface area contributed by atoms with Crippen LogP contribution in [0, 0.1) is 5.92 Å². The van der Waals surface area contributed by atoms with Gasteiger partial charge < -0.3 is 14.7 Å². The zero-order valence-electron chi connectivity index (χ0n) is 10.2. The van der Waals surface area contributed by atoms with E-state index in [0.717, 1.165) is 18.9 Å². The molecule has 1 aliphatic rings. The lowest BCUT2D eigenvalue weighted by molar-refractivity contribution is -0.130. The average Bonchev–Trinajstić information content (AvgIpc) is 3.08. The number of aliphatic hydroxyl groups is 1. The SMILES string of the molecule is CN(CCOCC1CC1)C(=O)CCCCO. The molecule has 0 aliphatic heterocycles. The third kappa shape index (κ3) is 6.08. The van der Waals surface area contributed by atoms with Crippen molar-refractivity contribution >= 4 is 5.91 Å². The van der Waals surface area contributed by atoms with Crippen molar-refractivity contribution in [2.24, 2.45) is 5.92 Å². The van der Waals surface area contributed by atoms with E-state index in [1.54, 1.807) is 4.90 Å². The van der Waals surface area contributed by atoms with Crippen molar-refractivity contribution in [3.63, 3.8) is 0 Å². The van der Waals surface area contributed by atoms with Crippen molar-refractivity contribution in [3.05, 3.63) is 0 Å². The van der Waals surface area contributed by atoms with E-state index in [2.05, 4.69) is 0 Å². The van der Waals surface area contributed by atoms with E-state index in [1.807, 2.05) is 7.05 Å². The van der Waals surface area contributed by atoms with Crippen LogP contribution in [0.15, 0.2) is 0 Å². The van der Waals surface area contributed by atoms with Gasteiger partial charge in [0.05, 0.1) is 6.61 Å². The number of rotatable bonds is 9. The Morgan fingerprint density at radius 1 is 1.44 bits per heavy atom. The van der Waals surface area contributed by atoms with Gasteiger partial charge in [-0.1, -0.05) is 0 Å². The summed E-state index contributed by atoms with van der Waals surface area (Å²) in [5.41, 5.74) is 0. The van der Waals surface area contributed by atoms with E-state index in [-0.39, 0.29) is 12.5 Å². The topological polar surface area (TPSA) is 49.8 Å². The van der Waals surface area contributed by atoms with Crippen molar-refractivity contribution in [1.82, 2.24) is 4.90 Å². The summed E-state index contributed by atoms with van der Waals surface area (Å²) in [5.74, 6) is 0.925. The number of ether oxygens (including phenoxy) is 1. The molecule has 0 bridgehead atoms. The Bertz CT molecular complexity index is 204. The van der Waals surface area contributed by atoms with Crippen LogP contribution < -0.4 is 0 Å². The highest BCUT2D eigenvalue weighted by Crippen LogP contribution is 2.28. The smallest absolute Gasteiger partial charge is 0.222 e. The summed E-state index contributed by atoms with van der Waals surface area (Å²) < 4.78 is 5.47. The predicted octanol–water partition coefficient (Wildman–Crippen LogP) is 1.03. The van der Waals surface area contributed by atoms with Crippen LogP contribution in [0.4, 0.5) is 0 Å². The molecule has 0 heterocycles. The molecular formula is C12H23NO3. The van der Waals surface area contributed by atoms with E-state index in [0.29, 0.717) is 26.0 Å². The van der Waals surface area contributed by atoms with Gasteiger partial charge in [-0.3, -0.25) is 4.79 Å². The van der Waals surface area contributed by atoms with Gasteiger partial charge in [0.2, 0.25) is 5.91 Å². The molecule has 0 radical (unpaired) electrons. The van der Waals surface area contributed by atoms with Gasteiger partial charge in [-0.15, -0.1) is 0 Å². The minimum atomic E-state index is 0.142. The molecule has 1 saturated carbocycles. The Morgan fingerprint density at radius 2 is 2.19 bits per heavy atom. The normalized spacial score (nSPS) is 15.1. The van der Waals surface area contributed by atoms with Gasteiger partial charge in [-0.2, -0.15) is 0 Å². The van der Waals surface area contributed by atoms with Crippen molar-refractivity contribution in [2.75, 3.05) is 33.4 Å². The van der Waals surface area contributed by atoms with Gasteiger partial charge in [-0.25, -0.2) is 0 Å². The standard InChI is InChI=1S/C12H23NO3/c1-13(12(15)4-2-3-8-14)7-9-16-10-11-5-6-11/h11,14H,2-10H2,1H3. The average molecular weight is 229 g/mol. The molecular weight excluding hydrogens is 206 g/mol. The summed E-state index contributed by atoms with van der Waals surface area (Å²) in [6.45, 7) is 2.33. The van der Waals surface area contributed by atoms with Crippen LogP contribution in [0.2, 0.25) is 0 Å². The molecule has 1 rings (SSSR count). The molecule has 4 nitrogen and oxygen atoms in total. The number of hydrogen-bond donors (Lipinski definition) is 1. The third-order valence-corrected chi connectivity index (χ3v) is 2.85. The molecule has 1 N–H and O–H groups in total. The minimum Gasteiger partial charge on any atom is -0.396 e. The molecule has 94 valence electrons. The van der Waals surface area contributed by atoms with Gasteiger partial charge in [0, 0.05) is 33.2 Å². The summed E-state index contributed by atoms with van der Waals surface area (Å²) in [6, 6.07) is 0. The highest BCUT2D eigenvalue weighted by atomic mass is 16.5. The summed E-state index contributed by atoms with van der Waals surface area (Å²) in [7, 11) is 1.81. The molecule has 4 heteroatoms. The number of amides is 1. The lowest BCUT2D eigenvalue weighted by Gasteiger charge is -2.17. The lowest BCUT2D eigenvalue weighted by Crippen LogP contribution is -2.30. The number of likely N-dealkylation sites (N-methyl/N-ethyl adjacent to an activating group) is 1. The van der Waals surface area contributed by atoms with Gasteiger partial charge in [-0.05, 0) is 31.6 Å². The zero-order chi connectivity index (χ0) is 11.8. The fourth-order valence-corrected chi connectivity index (χ4v) is 1.44. The van der Waals surface area contributed by atoms with E-state index in [4.69, 9.17) is 9.84 Å². The Hall–Kier alpha value is -0.610. The number of aliphatic hydroxyl groups excluding tert-OH is 1. The van der Waals surface area contributed by atoms with Gasteiger partial charge in [0.25, 0.3) is 0 Å². The summed E-state index contributed by atoms with van der Waals surface area (Å²) in [5, 5.41) is 8.60. The summed E-state index contributed by atoms with van der Waals surface area (Å²) >= 11 is 0. The van der Waals surface area contributed by atoms with Crippen molar-refractivity contribution in [2.45, 2.75) is 32.1 Å². The van der Waals surface area contributed by atoms with E-state index >= 15 is 0 Å².